The van der Waals surface area contributed by atoms with E-state index in [2.05, 4.69) is 32.9 Å². The molecule has 14 heavy (non-hydrogen) atoms. The molecule has 2 unspecified atom stereocenters. The van der Waals surface area contributed by atoms with Crippen molar-refractivity contribution in [2.24, 2.45) is 0 Å². The van der Waals surface area contributed by atoms with Crippen LogP contribution in [0, 0.1) is 0 Å². The van der Waals surface area contributed by atoms with Crippen molar-refractivity contribution in [2.45, 2.75) is 52.1 Å². The van der Waals surface area contributed by atoms with E-state index in [4.69, 9.17) is 0 Å². The summed E-state index contributed by atoms with van der Waals surface area (Å²) in [7, 11) is 1.12. The molecule has 0 heterocycles. The predicted molar refractivity (Wildman–Crippen MR) is 68.6 cm³/mol. The number of hydrogen-bond donors (Lipinski definition) is 0. The molecule has 0 nitrogen and oxygen atoms in total. The van der Waals surface area contributed by atoms with Crippen molar-refractivity contribution in [1.82, 2.24) is 0 Å². The fraction of sp³-hybridized carbons (Fsp3) is 0.692. The monoisotopic (exact) mass is 210 g/mol. The molecule has 0 saturated carbocycles. The Hall–Kier alpha value is -0.0900. The second-order valence-corrected chi connectivity index (χ2v) is 5.43. The minimum Gasteiger partial charge on any atom is -0.111 e. The van der Waals surface area contributed by atoms with Gasteiger partial charge < -0.3 is 0 Å². The van der Waals surface area contributed by atoms with Crippen molar-refractivity contribution in [2.75, 3.05) is 6.16 Å². The van der Waals surface area contributed by atoms with Crippen LogP contribution in [0.1, 0.15) is 46.5 Å². The second-order valence-electron chi connectivity index (χ2n) is 3.90. The van der Waals surface area contributed by atoms with Crippen LogP contribution in [0.3, 0.4) is 0 Å². The second kappa shape index (κ2) is 6.40. The quantitative estimate of drug-likeness (QED) is 0.446. The molecule has 1 aliphatic rings. The van der Waals surface area contributed by atoms with E-state index in [1.807, 2.05) is 0 Å². The van der Waals surface area contributed by atoms with E-state index in [1.165, 1.54) is 31.8 Å². The third-order valence-corrected chi connectivity index (χ3v) is 4.56. The van der Waals surface area contributed by atoms with Crippen LogP contribution in [-0.2, 0) is 0 Å². The first-order chi connectivity index (χ1) is 6.83. The van der Waals surface area contributed by atoms with Crippen molar-refractivity contribution < 1.29 is 0 Å². The topological polar surface area (TPSA) is 0 Å². The van der Waals surface area contributed by atoms with E-state index in [1.54, 1.807) is 11.1 Å². The van der Waals surface area contributed by atoms with Gasteiger partial charge in [0.15, 0.2) is 0 Å². The van der Waals surface area contributed by atoms with Gasteiger partial charge in [-0.3, -0.25) is 0 Å². The molecule has 1 heteroatoms. The summed E-state index contributed by atoms with van der Waals surface area (Å²) < 4.78 is 0. The molecule has 0 aromatic rings. The Labute approximate surface area is 90.6 Å². The normalized spacial score (nSPS) is 21.8. The maximum absolute atomic E-state index is 2.44. The fourth-order valence-electron chi connectivity index (χ4n) is 2.05. The van der Waals surface area contributed by atoms with Crippen molar-refractivity contribution in [3.63, 3.8) is 0 Å². The summed E-state index contributed by atoms with van der Waals surface area (Å²) in [4.78, 5) is 0. The Morgan fingerprint density at radius 3 is 2.57 bits per heavy atom. The highest BCUT2D eigenvalue weighted by atomic mass is 31.1. The lowest BCUT2D eigenvalue weighted by Gasteiger charge is -2.13. The molecule has 1 rings (SSSR count). The van der Waals surface area contributed by atoms with Crippen LogP contribution in [0.15, 0.2) is 23.3 Å². The number of rotatable bonds is 6. The van der Waals surface area contributed by atoms with Crippen LogP contribution in [-0.4, -0.2) is 11.8 Å². The van der Waals surface area contributed by atoms with Gasteiger partial charge in [0, 0.05) is 5.66 Å². The van der Waals surface area contributed by atoms with Gasteiger partial charge in [-0.05, 0) is 31.0 Å². The molecule has 0 N–H and O–H groups in total. The molecule has 80 valence electrons. The molecule has 0 radical (unpaired) electrons. The SMILES string of the molecule is CCCCPC1C=CC(CC)=C1CC. The average molecular weight is 210 g/mol. The van der Waals surface area contributed by atoms with Crippen LogP contribution in [0.2, 0.25) is 0 Å². The molecule has 0 amide bonds. The van der Waals surface area contributed by atoms with E-state index in [-0.39, 0.29) is 0 Å². The standard InChI is InChI=1S/C13H23P/c1-4-7-10-14-13-9-8-11(5-2)12(13)6-3/h8-9,13-14H,4-7,10H2,1-3H3. The van der Waals surface area contributed by atoms with Crippen LogP contribution in [0.4, 0.5) is 0 Å². The van der Waals surface area contributed by atoms with E-state index in [0.717, 1.165) is 14.2 Å². The highest BCUT2D eigenvalue weighted by Gasteiger charge is 2.16. The smallest absolute Gasteiger partial charge is 0.0160 e. The lowest BCUT2D eigenvalue weighted by Crippen LogP contribution is -1.99. The Bertz CT molecular complexity index is 225. The summed E-state index contributed by atoms with van der Waals surface area (Å²) in [5.74, 6) is 0. The minimum atomic E-state index is 0.807. The van der Waals surface area contributed by atoms with Gasteiger partial charge in [-0.25, -0.2) is 0 Å². The van der Waals surface area contributed by atoms with Crippen LogP contribution in [0.25, 0.3) is 0 Å². The third kappa shape index (κ3) is 2.95. The van der Waals surface area contributed by atoms with Gasteiger partial charge >= 0.3 is 0 Å². The molecule has 0 aliphatic heterocycles. The Kier molecular flexibility index (Phi) is 5.48. The highest BCUT2D eigenvalue weighted by molar-refractivity contribution is 7.39. The van der Waals surface area contributed by atoms with Crippen LogP contribution in [0.5, 0.6) is 0 Å². The molecule has 2 atom stereocenters. The first-order valence-electron chi connectivity index (χ1n) is 5.96. The zero-order chi connectivity index (χ0) is 10.4. The fourth-order valence-corrected chi connectivity index (χ4v) is 3.79. The maximum Gasteiger partial charge on any atom is 0.0160 e. The first kappa shape index (κ1) is 12.0. The highest BCUT2D eigenvalue weighted by Crippen LogP contribution is 2.37. The van der Waals surface area contributed by atoms with Crippen molar-refractivity contribution >= 4 is 8.58 Å². The average Bonchev–Trinajstić information content (AvgIpc) is 2.60. The number of hydrogen-bond acceptors (Lipinski definition) is 0. The molecular formula is C13H23P. The Morgan fingerprint density at radius 1 is 1.21 bits per heavy atom. The largest absolute Gasteiger partial charge is 0.111 e. The maximum atomic E-state index is 2.44. The molecule has 0 spiro atoms. The van der Waals surface area contributed by atoms with E-state index in [0.29, 0.717) is 0 Å². The number of unbranched alkanes of at least 4 members (excludes halogenated alkanes) is 1. The summed E-state index contributed by atoms with van der Waals surface area (Å²) in [5.41, 5.74) is 4.14. The van der Waals surface area contributed by atoms with Gasteiger partial charge in [0.1, 0.15) is 0 Å². The van der Waals surface area contributed by atoms with Gasteiger partial charge in [0.05, 0.1) is 0 Å². The summed E-state index contributed by atoms with van der Waals surface area (Å²) in [6.45, 7) is 6.85. The van der Waals surface area contributed by atoms with E-state index >= 15 is 0 Å². The molecule has 1 aliphatic carbocycles. The Balaban J connectivity index is 2.47. The molecule has 0 aromatic carbocycles. The third-order valence-electron chi connectivity index (χ3n) is 2.93. The molecule has 0 fully saturated rings. The van der Waals surface area contributed by atoms with Gasteiger partial charge in [0.2, 0.25) is 0 Å². The van der Waals surface area contributed by atoms with Gasteiger partial charge in [-0.15, -0.1) is 8.58 Å². The lowest BCUT2D eigenvalue weighted by atomic mass is 10.1. The van der Waals surface area contributed by atoms with Crippen LogP contribution < -0.4 is 0 Å². The molecular weight excluding hydrogens is 187 g/mol. The minimum absolute atomic E-state index is 0.807. The van der Waals surface area contributed by atoms with Gasteiger partial charge in [0.25, 0.3) is 0 Å². The number of allylic oxidation sites excluding steroid dienone is 4. The van der Waals surface area contributed by atoms with Crippen molar-refractivity contribution in [3.05, 3.63) is 23.3 Å². The van der Waals surface area contributed by atoms with Crippen molar-refractivity contribution in [1.29, 1.82) is 0 Å². The zero-order valence-corrected chi connectivity index (χ0v) is 10.8. The zero-order valence-electron chi connectivity index (χ0n) is 9.77. The molecule has 0 saturated heterocycles. The van der Waals surface area contributed by atoms with Gasteiger partial charge in [-0.1, -0.05) is 44.9 Å². The first-order valence-corrected chi connectivity index (χ1v) is 7.25. The van der Waals surface area contributed by atoms with E-state index in [9.17, 15) is 0 Å². The van der Waals surface area contributed by atoms with Gasteiger partial charge in [-0.2, -0.15) is 0 Å². The summed E-state index contributed by atoms with van der Waals surface area (Å²) in [5, 5.41) is 0. The molecule has 0 bridgehead atoms. The molecule has 0 aromatic heterocycles. The summed E-state index contributed by atoms with van der Waals surface area (Å²) in [6, 6.07) is 0. The lowest BCUT2D eigenvalue weighted by molar-refractivity contribution is 0.890. The predicted octanol–water partition coefficient (Wildman–Crippen LogP) is 4.52. The Morgan fingerprint density at radius 2 is 2.00 bits per heavy atom. The van der Waals surface area contributed by atoms with Crippen molar-refractivity contribution in [3.8, 4) is 0 Å². The van der Waals surface area contributed by atoms with E-state index < -0.39 is 0 Å². The summed E-state index contributed by atoms with van der Waals surface area (Å²) in [6.07, 6.45) is 11.4. The summed E-state index contributed by atoms with van der Waals surface area (Å²) >= 11 is 0. The van der Waals surface area contributed by atoms with Crippen LogP contribution >= 0.6 is 8.58 Å².